The average molecular weight is 353 g/mol. The second-order valence-electron chi connectivity index (χ2n) is 4.57. The van der Waals surface area contributed by atoms with Gasteiger partial charge in [-0.05, 0) is 11.4 Å². The lowest BCUT2D eigenvalue weighted by molar-refractivity contribution is 0.122. The van der Waals surface area contributed by atoms with Crippen molar-refractivity contribution in [2.45, 2.75) is 20.8 Å². The van der Waals surface area contributed by atoms with Crippen molar-refractivity contribution in [1.29, 1.82) is 0 Å². The zero-order chi connectivity index (χ0) is 15.8. The molecule has 1 aromatic heterocycles. The van der Waals surface area contributed by atoms with E-state index in [0.717, 1.165) is 11.3 Å². The standard InChI is InChI=1S/C11H15NO6S3/c1-2-4-18-6-8-10(21(12,16)17)9(13)7-3-5-19-11(7)20(8,14)15/h2-3,5,8-10,13H,1,4,6H2,(H2,12,16,17). The third-order valence-electron chi connectivity index (χ3n) is 3.21. The first-order valence-electron chi connectivity index (χ1n) is 5.91. The summed E-state index contributed by atoms with van der Waals surface area (Å²) in [5, 5.41) is 13.7. The predicted octanol–water partition coefficient (Wildman–Crippen LogP) is -0.203. The van der Waals surface area contributed by atoms with Crippen molar-refractivity contribution >= 4 is 31.2 Å². The molecule has 3 N–H and O–H groups in total. The van der Waals surface area contributed by atoms with Crippen molar-refractivity contribution in [1.82, 2.24) is 0 Å². The van der Waals surface area contributed by atoms with Gasteiger partial charge in [0.15, 0.2) is 9.84 Å². The minimum Gasteiger partial charge on any atom is -0.387 e. The number of fused-ring (bicyclic) bond motifs is 1. The van der Waals surface area contributed by atoms with Crippen LogP contribution in [0.1, 0.15) is 11.7 Å². The Kier molecular flexibility index (Phi) is 4.57. The fraction of sp³-hybridized carbons (Fsp3) is 0.455. The highest BCUT2D eigenvalue weighted by molar-refractivity contribution is 7.96. The largest absolute Gasteiger partial charge is 0.387 e. The van der Waals surface area contributed by atoms with Crippen molar-refractivity contribution in [2.75, 3.05) is 13.2 Å². The number of rotatable bonds is 5. The number of hydrogen-bond acceptors (Lipinski definition) is 7. The minimum absolute atomic E-state index is 0.0397. The monoisotopic (exact) mass is 353 g/mol. The molecule has 0 amide bonds. The molecule has 0 aromatic carbocycles. The summed E-state index contributed by atoms with van der Waals surface area (Å²) in [5.41, 5.74) is 0.0685. The number of thiophene rings is 1. The molecule has 3 atom stereocenters. The van der Waals surface area contributed by atoms with Crippen LogP contribution in [-0.4, -0.2) is 45.7 Å². The highest BCUT2D eigenvalue weighted by Gasteiger charge is 2.51. The van der Waals surface area contributed by atoms with Gasteiger partial charge in [-0.25, -0.2) is 22.0 Å². The zero-order valence-corrected chi connectivity index (χ0v) is 13.3. The lowest BCUT2D eigenvalue weighted by Crippen LogP contribution is -2.51. The third kappa shape index (κ3) is 2.91. The first-order chi connectivity index (χ1) is 9.71. The van der Waals surface area contributed by atoms with Crippen molar-refractivity contribution in [3.63, 3.8) is 0 Å². The fourth-order valence-corrected chi connectivity index (χ4v) is 7.51. The lowest BCUT2D eigenvalue weighted by Gasteiger charge is -2.33. The van der Waals surface area contributed by atoms with Gasteiger partial charge in [-0.15, -0.1) is 17.9 Å². The van der Waals surface area contributed by atoms with Crippen LogP contribution >= 0.6 is 11.3 Å². The molecule has 0 saturated carbocycles. The first kappa shape index (κ1) is 16.6. The summed E-state index contributed by atoms with van der Waals surface area (Å²) >= 11 is 0.932. The van der Waals surface area contributed by atoms with E-state index in [1.165, 1.54) is 17.5 Å². The Hall–Kier alpha value is -0.780. The van der Waals surface area contributed by atoms with Crippen LogP contribution in [0.25, 0.3) is 0 Å². The number of primary sulfonamides is 1. The SMILES string of the molecule is C=CCOCC1C(S(N)(=O)=O)C(O)c2ccsc2S1(=O)=O. The Morgan fingerprint density at radius 3 is 2.76 bits per heavy atom. The average Bonchev–Trinajstić information content (AvgIpc) is 2.84. The summed E-state index contributed by atoms with van der Waals surface area (Å²) in [5.74, 6) is 0. The van der Waals surface area contributed by atoms with Crippen molar-refractivity contribution in [3.05, 3.63) is 29.7 Å². The predicted molar refractivity (Wildman–Crippen MR) is 78.2 cm³/mol. The van der Waals surface area contributed by atoms with Crippen LogP contribution in [0.2, 0.25) is 0 Å². The molecule has 2 heterocycles. The molecular formula is C11H15NO6S3. The Morgan fingerprint density at radius 1 is 1.52 bits per heavy atom. The maximum absolute atomic E-state index is 12.5. The van der Waals surface area contributed by atoms with Gasteiger partial charge in [0.1, 0.15) is 20.8 Å². The van der Waals surface area contributed by atoms with E-state index >= 15 is 0 Å². The molecule has 0 radical (unpaired) electrons. The summed E-state index contributed by atoms with van der Waals surface area (Å²) < 4.78 is 53.6. The molecule has 1 aliphatic heterocycles. The van der Waals surface area contributed by atoms with Gasteiger partial charge in [-0.2, -0.15) is 0 Å². The molecule has 1 aliphatic rings. The van der Waals surface area contributed by atoms with Gasteiger partial charge >= 0.3 is 0 Å². The molecular weight excluding hydrogens is 338 g/mol. The number of hydrogen-bond donors (Lipinski definition) is 2. The Morgan fingerprint density at radius 2 is 2.19 bits per heavy atom. The van der Waals surface area contributed by atoms with Crippen LogP contribution < -0.4 is 5.14 Å². The first-order valence-corrected chi connectivity index (χ1v) is 9.94. The molecule has 1 aromatic rings. The second kappa shape index (κ2) is 5.78. The van der Waals surface area contributed by atoms with Crippen LogP contribution in [-0.2, 0) is 24.6 Å². The highest BCUT2D eigenvalue weighted by atomic mass is 32.2. The fourth-order valence-electron chi connectivity index (χ4n) is 2.29. The molecule has 0 bridgehead atoms. The summed E-state index contributed by atoms with van der Waals surface area (Å²) in [7, 11) is -8.23. The van der Waals surface area contributed by atoms with Gasteiger partial charge in [-0.1, -0.05) is 6.08 Å². The smallest absolute Gasteiger partial charge is 0.216 e. The summed E-state index contributed by atoms with van der Waals surface area (Å²) in [6.45, 7) is 3.11. The van der Waals surface area contributed by atoms with Crippen LogP contribution in [0, 0.1) is 0 Å². The van der Waals surface area contributed by atoms with Crippen LogP contribution in [0.3, 0.4) is 0 Å². The van der Waals surface area contributed by atoms with Gasteiger partial charge in [0, 0.05) is 5.56 Å². The van der Waals surface area contributed by atoms with Crippen LogP contribution in [0.5, 0.6) is 0 Å². The van der Waals surface area contributed by atoms with E-state index in [1.54, 1.807) is 0 Å². The van der Waals surface area contributed by atoms with Gasteiger partial charge in [-0.3, -0.25) is 0 Å². The molecule has 10 heteroatoms. The van der Waals surface area contributed by atoms with Crippen molar-refractivity contribution in [2.24, 2.45) is 5.14 Å². The van der Waals surface area contributed by atoms with Gasteiger partial charge < -0.3 is 9.84 Å². The van der Waals surface area contributed by atoms with E-state index in [1.807, 2.05) is 0 Å². The Bertz CT molecular complexity index is 736. The maximum atomic E-state index is 12.5. The summed E-state index contributed by atoms with van der Waals surface area (Å²) in [4.78, 5) is 0. The zero-order valence-electron chi connectivity index (χ0n) is 10.9. The third-order valence-corrected chi connectivity index (χ3v) is 8.41. The summed E-state index contributed by atoms with van der Waals surface area (Å²) in [6, 6.07) is 1.39. The van der Waals surface area contributed by atoms with E-state index in [9.17, 15) is 21.9 Å². The molecule has 2 rings (SSSR count). The second-order valence-corrected chi connectivity index (χ2v) is 9.57. The summed E-state index contributed by atoms with van der Waals surface area (Å²) in [6.07, 6.45) is -0.0869. The van der Waals surface area contributed by atoms with Gasteiger partial charge in [0.25, 0.3) is 0 Å². The van der Waals surface area contributed by atoms with E-state index in [0.29, 0.717) is 0 Å². The quantitative estimate of drug-likeness (QED) is 0.558. The minimum atomic E-state index is -4.28. The number of aliphatic hydroxyl groups excluding tert-OH is 1. The van der Waals surface area contributed by atoms with Gasteiger partial charge in [0.05, 0.1) is 13.2 Å². The number of aliphatic hydroxyl groups is 1. The maximum Gasteiger partial charge on any atom is 0.216 e. The van der Waals surface area contributed by atoms with E-state index in [2.05, 4.69) is 6.58 Å². The number of sulfonamides is 1. The molecule has 0 spiro atoms. The highest BCUT2D eigenvalue weighted by Crippen LogP contribution is 2.42. The van der Waals surface area contributed by atoms with Crippen molar-refractivity contribution in [3.8, 4) is 0 Å². The molecule has 0 saturated heterocycles. The Labute approximate surface area is 127 Å². The lowest BCUT2D eigenvalue weighted by atomic mass is 10.1. The van der Waals surface area contributed by atoms with Crippen LogP contribution in [0.15, 0.2) is 28.3 Å². The van der Waals surface area contributed by atoms with Crippen LogP contribution in [0.4, 0.5) is 0 Å². The molecule has 3 unspecified atom stereocenters. The molecule has 0 fully saturated rings. The molecule has 118 valence electrons. The Balaban J connectivity index is 2.54. The molecule has 0 aliphatic carbocycles. The normalized spacial score (nSPS) is 28.0. The van der Waals surface area contributed by atoms with E-state index < -0.39 is 36.5 Å². The van der Waals surface area contributed by atoms with Crippen molar-refractivity contribution < 1.29 is 26.7 Å². The molecule has 7 nitrogen and oxygen atoms in total. The van der Waals surface area contributed by atoms with E-state index in [4.69, 9.17) is 9.88 Å². The number of nitrogens with two attached hydrogens (primary N) is 1. The topological polar surface area (TPSA) is 124 Å². The number of ether oxygens (including phenoxy) is 1. The van der Waals surface area contributed by atoms with E-state index in [-0.39, 0.29) is 23.0 Å². The number of sulfone groups is 1. The molecule has 21 heavy (non-hydrogen) atoms. The van der Waals surface area contributed by atoms with Gasteiger partial charge in [0.2, 0.25) is 10.0 Å².